The fraction of sp³-hybridized carbons (Fsp3) is 0.320. The third kappa shape index (κ3) is 6.41. The van der Waals surface area contributed by atoms with Crippen molar-refractivity contribution in [3.05, 3.63) is 82.1 Å². The maximum absolute atomic E-state index is 13.2. The van der Waals surface area contributed by atoms with Crippen LogP contribution in [0.25, 0.3) is 0 Å². The Labute approximate surface area is 215 Å². The number of aromatic carboxylic acids is 1. The van der Waals surface area contributed by atoms with Gasteiger partial charge in [-0.3, -0.25) is 4.90 Å². The molecule has 1 saturated heterocycles. The molecule has 1 N–H and O–H groups in total. The summed E-state index contributed by atoms with van der Waals surface area (Å²) in [5.74, 6) is -1.14. The smallest absolute Gasteiger partial charge is 0.420 e. The van der Waals surface area contributed by atoms with Gasteiger partial charge >= 0.3 is 18.2 Å². The summed E-state index contributed by atoms with van der Waals surface area (Å²) in [6.45, 7) is 4.01. The summed E-state index contributed by atoms with van der Waals surface area (Å²) in [7, 11) is 0. The molecule has 1 atom stereocenters. The van der Waals surface area contributed by atoms with Crippen molar-refractivity contribution in [1.29, 1.82) is 0 Å². The molecule has 2 heterocycles. The Morgan fingerprint density at radius 2 is 1.84 bits per heavy atom. The van der Waals surface area contributed by atoms with E-state index in [1.54, 1.807) is 31.2 Å². The van der Waals surface area contributed by atoms with Gasteiger partial charge in [-0.05, 0) is 42.3 Å². The summed E-state index contributed by atoms with van der Waals surface area (Å²) in [6, 6.07) is 13.9. The Morgan fingerprint density at radius 3 is 2.46 bits per heavy atom. The number of nitrogens with zero attached hydrogens (tertiary/aromatic N) is 4. The van der Waals surface area contributed by atoms with Crippen molar-refractivity contribution in [3.8, 4) is 5.75 Å². The number of carboxylic acids is 1. The molecule has 1 aromatic heterocycles. The zero-order valence-electron chi connectivity index (χ0n) is 19.8. The molecule has 3 aromatic rings. The highest BCUT2D eigenvalue weighted by molar-refractivity contribution is 6.30. The van der Waals surface area contributed by atoms with E-state index < -0.39 is 29.4 Å². The largest absolute Gasteiger partial charge is 0.489 e. The first-order chi connectivity index (χ1) is 17.5. The lowest BCUT2D eigenvalue weighted by atomic mass is 10.1. The second-order valence-corrected chi connectivity index (χ2v) is 9.20. The molecule has 1 aliphatic heterocycles. The fourth-order valence-corrected chi connectivity index (χ4v) is 4.33. The number of hydrogen-bond donors (Lipinski definition) is 1. The first-order valence-corrected chi connectivity index (χ1v) is 11.8. The number of alkyl halides is 3. The van der Waals surface area contributed by atoms with Gasteiger partial charge in [-0.25, -0.2) is 9.59 Å². The minimum Gasteiger partial charge on any atom is -0.489 e. The molecule has 0 saturated carbocycles. The summed E-state index contributed by atoms with van der Waals surface area (Å²) in [5.41, 5.74) is -0.619. The molecule has 0 spiro atoms. The molecule has 0 bridgehead atoms. The topological polar surface area (TPSA) is 87.9 Å². The molecule has 12 heteroatoms. The molecule has 2 aromatic carbocycles. The number of carbonyl (C=O) groups is 2. The van der Waals surface area contributed by atoms with Crippen molar-refractivity contribution in [1.82, 2.24) is 19.6 Å². The van der Waals surface area contributed by atoms with Gasteiger partial charge in [-0.1, -0.05) is 35.9 Å². The quantitative estimate of drug-likeness (QED) is 0.477. The van der Waals surface area contributed by atoms with Gasteiger partial charge in [0.15, 0.2) is 5.69 Å². The number of carboxylic acid groups (broad SMARTS) is 1. The van der Waals surface area contributed by atoms with Crippen LogP contribution in [0.4, 0.5) is 18.0 Å². The highest BCUT2D eigenvalue weighted by Crippen LogP contribution is 2.32. The van der Waals surface area contributed by atoms with Gasteiger partial charge < -0.3 is 14.7 Å². The maximum Gasteiger partial charge on any atom is 0.420 e. The second-order valence-electron chi connectivity index (χ2n) is 8.76. The molecule has 0 unspecified atom stereocenters. The van der Waals surface area contributed by atoms with Crippen molar-refractivity contribution >= 4 is 23.6 Å². The molecule has 1 amide bonds. The van der Waals surface area contributed by atoms with Gasteiger partial charge in [0, 0.05) is 43.4 Å². The Balaban J connectivity index is 1.37. The number of aromatic nitrogens is 2. The summed E-state index contributed by atoms with van der Waals surface area (Å²) < 4.78 is 45.8. The van der Waals surface area contributed by atoms with E-state index in [-0.39, 0.29) is 12.6 Å². The minimum absolute atomic E-state index is 0.253. The van der Waals surface area contributed by atoms with Crippen molar-refractivity contribution in [2.75, 3.05) is 19.6 Å². The first-order valence-electron chi connectivity index (χ1n) is 11.4. The van der Waals surface area contributed by atoms with E-state index >= 15 is 0 Å². The van der Waals surface area contributed by atoms with Crippen molar-refractivity contribution in [2.45, 2.75) is 32.3 Å². The van der Waals surface area contributed by atoms with Crippen LogP contribution >= 0.6 is 11.6 Å². The average molecular weight is 537 g/mol. The number of amides is 1. The molecule has 4 rings (SSSR count). The zero-order valence-corrected chi connectivity index (χ0v) is 20.5. The van der Waals surface area contributed by atoms with Crippen LogP contribution in [0.5, 0.6) is 5.75 Å². The first kappa shape index (κ1) is 26.5. The van der Waals surface area contributed by atoms with Crippen LogP contribution in [-0.4, -0.2) is 62.4 Å². The van der Waals surface area contributed by atoms with Gasteiger partial charge in [-0.15, -0.1) is 0 Å². The lowest BCUT2D eigenvalue weighted by Crippen LogP contribution is -2.54. The maximum atomic E-state index is 13.2. The Kier molecular flexibility index (Phi) is 7.74. The fourth-order valence-electron chi connectivity index (χ4n) is 4.20. The normalized spacial score (nSPS) is 16.6. The van der Waals surface area contributed by atoms with Gasteiger partial charge in [0.05, 0.1) is 0 Å². The molecule has 196 valence electrons. The second kappa shape index (κ2) is 10.8. The van der Waals surface area contributed by atoms with Crippen LogP contribution in [0.15, 0.2) is 54.7 Å². The molecular formula is C25H24ClF3N4O4. The highest BCUT2D eigenvalue weighted by Gasteiger charge is 2.40. The van der Waals surface area contributed by atoms with Gasteiger partial charge in [0.2, 0.25) is 0 Å². The standard InChI is InChI=1S/C25H24ClF3N4O4/c1-16-12-31(13-17-3-2-4-18(11-17)15-37-20-7-5-19(26)6-8-20)9-10-32(16)24(36)33-14-21(25(27,28)29)22(30-33)23(34)35/h2-8,11,14,16H,9-10,12-13,15H2,1H3,(H,34,35)/t16-/m0/s1. The number of rotatable bonds is 6. The number of halogens is 4. The minimum atomic E-state index is -4.94. The lowest BCUT2D eigenvalue weighted by molar-refractivity contribution is -0.138. The van der Waals surface area contributed by atoms with Crippen LogP contribution < -0.4 is 4.74 Å². The molecule has 0 radical (unpaired) electrons. The SMILES string of the molecule is C[C@H]1CN(Cc2cccc(COc3ccc(Cl)cc3)c2)CCN1C(=O)n1cc(C(F)(F)F)c(C(=O)O)n1. The molecule has 37 heavy (non-hydrogen) atoms. The van der Waals surface area contributed by atoms with Gasteiger partial charge in [0.1, 0.15) is 17.9 Å². The van der Waals surface area contributed by atoms with E-state index in [1.165, 1.54) is 4.90 Å². The average Bonchev–Trinajstić information content (AvgIpc) is 3.31. The molecular weight excluding hydrogens is 513 g/mol. The van der Waals surface area contributed by atoms with E-state index in [9.17, 15) is 22.8 Å². The zero-order chi connectivity index (χ0) is 26.7. The summed E-state index contributed by atoms with van der Waals surface area (Å²) in [6.07, 6.45) is -4.51. The van der Waals surface area contributed by atoms with E-state index in [2.05, 4.69) is 10.00 Å². The summed E-state index contributed by atoms with van der Waals surface area (Å²) in [5, 5.41) is 13.1. The van der Waals surface area contributed by atoms with Crippen LogP contribution in [0.3, 0.4) is 0 Å². The lowest BCUT2D eigenvalue weighted by Gasteiger charge is -2.39. The number of carbonyl (C=O) groups excluding carboxylic acids is 1. The van der Waals surface area contributed by atoms with E-state index in [4.69, 9.17) is 21.4 Å². The highest BCUT2D eigenvalue weighted by atomic mass is 35.5. The van der Waals surface area contributed by atoms with Crippen molar-refractivity contribution < 1.29 is 32.6 Å². The molecule has 8 nitrogen and oxygen atoms in total. The summed E-state index contributed by atoms with van der Waals surface area (Å²) >= 11 is 5.90. The van der Waals surface area contributed by atoms with E-state index in [0.717, 1.165) is 11.1 Å². The number of hydrogen-bond acceptors (Lipinski definition) is 5. The predicted octanol–water partition coefficient (Wildman–Crippen LogP) is 5.01. The van der Waals surface area contributed by atoms with Crippen molar-refractivity contribution in [3.63, 3.8) is 0 Å². The van der Waals surface area contributed by atoms with Crippen LogP contribution in [-0.2, 0) is 19.3 Å². The van der Waals surface area contributed by atoms with Crippen molar-refractivity contribution in [2.24, 2.45) is 0 Å². The Bertz CT molecular complexity index is 1280. The molecule has 1 aliphatic rings. The van der Waals surface area contributed by atoms with Crippen LogP contribution in [0, 0.1) is 0 Å². The summed E-state index contributed by atoms with van der Waals surface area (Å²) in [4.78, 5) is 27.6. The van der Waals surface area contributed by atoms with Gasteiger partial charge in [-0.2, -0.15) is 23.0 Å². The monoisotopic (exact) mass is 536 g/mol. The van der Waals surface area contributed by atoms with Gasteiger partial charge in [0.25, 0.3) is 0 Å². The predicted molar refractivity (Wildman–Crippen MR) is 129 cm³/mol. The number of piperazine rings is 1. The Morgan fingerprint density at radius 1 is 1.14 bits per heavy atom. The molecule has 1 fully saturated rings. The third-order valence-electron chi connectivity index (χ3n) is 5.99. The van der Waals surface area contributed by atoms with Crippen LogP contribution in [0.2, 0.25) is 5.02 Å². The van der Waals surface area contributed by atoms with Crippen LogP contribution in [0.1, 0.15) is 34.1 Å². The van der Waals surface area contributed by atoms with E-state index in [0.29, 0.717) is 47.9 Å². The third-order valence-corrected chi connectivity index (χ3v) is 6.24. The number of benzene rings is 2. The van der Waals surface area contributed by atoms with E-state index in [1.807, 2.05) is 24.3 Å². The Hall–Kier alpha value is -3.57. The molecule has 0 aliphatic carbocycles. The number of ether oxygens (including phenoxy) is 1.